The third kappa shape index (κ3) is 3.71. The fourth-order valence-electron chi connectivity index (χ4n) is 2.40. The van der Waals surface area contributed by atoms with Crippen LogP contribution in [0.2, 0.25) is 0 Å². The third-order valence-electron chi connectivity index (χ3n) is 3.55. The van der Waals surface area contributed by atoms with Gasteiger partial charge >= 0.3 is 0 Å². The zero-order valence-electron chi connectivity index (χ0n) is 13.1. The van der Waals surface area contributed by atoms with Crippen LogP contribution in [-0.4, -0.2) is 21.9 Å². The fraction of sp³-hybridized carbons (Fsp3) is 0.100. The Hall–Kier alpha value is -3.32. The van der Waals surface area contributed by atoms with Gasteiger partial charge in [0.2, 0.25) is 0 Å². The molecule has 0 aliphatic carbocycles. The lowest BCUT2D eigenvalue weighted by atomic mass is 10.0. The molecule has 3 aromatic rings. The molecule has 2 aromatic carbocycles. The molecule has 3 rings (SSSR count). The Bertz CT molecular complexity index is 859. The maximum Gasteiger partial charge on any atom is 0.193 e. The van der Waals surface area contributed by atoms with E-state index < -0.39 is 0 Å². The molecule has 118 valence electrons. The molecule has 1 heterocycles. The van der Waals surface area contributed by atoms with Gasteiger partial charge in [-0.15, -0.1) is 6.42 Å². The van der Waals surface area contributed by atoms with Gasteiger partial charge in [0.15, 0.2) is 5.78 Å². The molecule has 0 N–H and O–H groups in total. The van der Waals surface area contributed by atoms with E-state index in [9.17, 15) is 4.79 Å². The quantitative estimate of drug-likeness (QED) is 0.518. The Kier molecular flexibility index (Phi) is 4.73. The van der Waals surface area contributed by atoms with E-state index in [1.807, 2.05) is 35.0 Å². The van der Waals surface area contributed by atoms with Gasteiger partial charge in [-0.3, -0.25) is 4.79 Å². The number of ether oxygens (including phenoxy) is 1. The first-order chi connectivity index (χ1) is 11.8. The predicted octanol–water partition coefficient (Wildman–Crippen LogP) is 3.17. The zero-order valence-corrected chi connectivity index (χ0v) is 13.1. The molecule has 0 aliphatic rings. The van der Waals surface area contributed by atoms with E-state index in [4.69, 9.17) is 11.2 Å². The van der Waals surface area contributed by atoms with Crippen LogP contribution in [0.15, 0.2) is 67.3 Å². The smallest absolute Gasteiger partial charge is 0.193 e. The number of hydrogen-bond acceptors (Lipinski definition) is 3. The van der Waals surface area contributed by atoms with Crippen LogP contribution in [0.25, 0.3) is 0 Å². The molecule has 0 aliphatic heterocycles. The second-order valence-electron chi connectivity index (χ2n) is 5.28. The van der Waals surface area contributed by atoms with E-state index in [-0.39, 0.29) is 12.4 Å². The SMILES string of the molecule is C#CCOc1ccc(C(=O)c2cccc(Cn3ccnc3)c2)cc1. The number of imidazole rings is 1. The highest BCUT2D eigenvalue weighted by atomic mass is 16.5. The number of benzene rings is 2. The summed E-state index contributed by atoms with van der Waals surface area (Å²) >= 11 is 0. The van der Waals surface area contributed by atoms with E-state index in [2.05, 4.69) is 10.9 Å². The number of ketones is 1. The number of carbonyl (C=O) groups excluding carboxylic acids is 1. The lowest BCUT2D eigenvalue weighted by Gasteiger charge is -2.07. The monoisotopic (exact) mass is 316 g/mol. The summed E-state index contributed by atoms with van der Waals surface area (Å²) in [6, 6.07) is 14.6. The third-order valence-corrected chi connectivity index (χ3v) is 3.55. The summed E-state index contributed by atoms with van der Waals surface area (Å²) in [4.78, 5) is 16.7. The van der Waals surface area contributed by atoms with Crippen molar-refractivity contribution in [3.63, 3.8) is 0 Å². The number of aromatic nitrogens is 2. The van der Waals surface area contributed by atoms with E-state index in [1.165, 1.54) is 0 Å². The van der Waals surface area contributed by atoms with Gasteiger partial charge < -0.3 is 9.30 Å². The second-order valence-corrected chi connectivity index (χ2v) is 5.28. The van der Waals surface area contributed by atoms with Crippen LogP contribution < -0.4 is 4.74 Å². The molecule has 0 atom stereocenters. The molecule has 0 fully saturated rings. The normalized spacial score (nSPS) is 10.1. The average Bonchev–Trinajstić information content (AvgIpc) is 3.13. The summed E-state index contributed by atoms with van der Waals surface area (Å²) in [6.07, 6.45) is 10.5. The van der Waals surface area contributed by atoms with Crippen molar-refractivity contribution in [1.82, 2.24) is 9.55 Å². The van der Waals surface area contributed by atoms with Crippen LogP contribution in [0.4, 0.5) is 0 Å². The van der Waals surface area contributed by atoms with E-state index >= 15 is 0 Å². The largest absolute Gasteiger partial charge is 0.481 e. The Morgan fingerprint density at radius 1 is 1.17 bits per heavy atom. The van der Waals surface area contributed by atoms with Gasteiger partial charge in [-0.1, -0.05) is 24.1 Å². The summed E-state index contributed by atoms with van der Waals surface area (Å²) in [7, 11) is 0. The van der Waals surface area contributed by atoms with Gasteiger partial charge in [0.05, 0.1) is 6.33 Å². The molecule has 0 amide bonds. The maximum atomic E-state index is 12.6. The van der Waals surface area contributed by atoms with E-state index in [1.54, 1.807) is 36.8 Å². The summed E-state index contributed by atoms with van der Waals surface area (Å²) in [5.74, 6) is 3.04. The Labute approximate surface area is 140 Å². The molecule has 0 saturated heterocycles. The van der Waals surface area contributed by atoms with Gasteiger partial charge in [0, 0.05) is 30.1 Å². The van der Waals surface area contributed by atoms with Gasteiger partial charge in [-0.2, -0.15) is 0 Å². The number of carbonyl (C=O) groups is 1. The van der Waals surface area contributed by atoms with Crippen molar-refractivity contribution in [3.8, 4) is 18.1 Å². The second kappa shape index (κ2) is 7.30. The first-order valence-corrected chi connectivity index (χ1v) is 7.52. The summed E-state index contributed by atoms with van der Waals surface area (Å²) in [6.45, 7) is 0.892. The summed E-state index contributed by atoms with van der Waals surface area (Å²) in [5.41, 5.74) is 2.32. The molecule has 0 bridgehead atoms. The van der Waals surface area contributed by atoms with Crippen LogP contribution >= 0.6 is 0 Å². The minimum Gasteiger partial charge on any atom is -0.481 e. The highest BCUT2D eigenvalue weighted by Gasteiger charge is 2.10. The van der Waals surface area contributed by atoms with Crippen molar-refractivity contribution in [2.45, 2.75) is 6.54 Å². The molecule has 0 radical (unpaired) electrons. The summed E-state index contributed by atoms with van der Waals surface area (Å²) < 4.78 is 7.28. The predicted molar refractivity (Wildman–Crippen MR) is 92.0 cm³/mol. The first kappa shape index (κ1) is 15.6. The fourth-order valence-corrected chi connectivity index (χ4v) is 2.40. The number of nitrogens with zero attached hydrogens (tertiary/aromatic N) is 2. The molecular formula is C20H16N2O2. The topological polar surface area (TPSA) is 44.1 Å². The van der Waals surface area contributed by atoms with Crippen molar-refractivity contribution in [2.24, 2.45) is 0 Å². The maximum absolute atomic E-state index is 12.6. The van der Waals surface area contributed by atoms with Gasteiger partial charge in [-0.25, -0.2) is 4.98 Å². The minimum absolute atomic E-state index is 0.0222. The molecule has 4 heteroatoms. The lowest BCUT2D eigenvalue weighted by Crippen LogP contribution is -2.04. The Morgan fingerprint density at radius 3 is 2.71 bits per heavy atom. The molecule has 1 aromatic heterocycles. The number of rotatable bonds is 6. The Balaban J connectivity index is 1.76. The van der Waals surface area contributed by atoms with Crippen LogP contribution in [0.1, 0.15) is 21.5 Å². The highest BCUT2D eigenvalue weighted by molar-refractivity contribution is 6.09. The zero-order chi connectivity index (χ0) is 16.8. The highest BCUT2D eigenvalue weighted by Crippen LogP contribution is 2.16. The molecule has 0 spiro atoms. The average molecular weight is 316 g/mol. The van der Waals surface area contributed by atoms with E-state index in [0.29, 0.717) is 23.4 Å². The first-order valence-electron chi connectivity index (χ1n) is 7.52. The van der Waals surface area contributed by atoms with Crippen molar-refractivity contribution in [1.29, 1.82) is 0 Å². The molecule has 0 saturated carbocycles. The van der Waals surface area contributed by atoms with Crippen molar-refractivity contribution in [3.05, 3.63) is 83.9 Å². The van der Waals surface area contributed by atoms with Gasteiger partial charge in [0.1, 0.15) is 12.4 Å². The van der Waals surface area contributed by atoms with Crippen molar-refractivity contribution >= 4 is 5.78 Å². The van der Waals surface area contributed by atoms with Crippen molar-refractivity contribution < 1.29 is 9.53 Å². The van der Waals surface area contributed by atoms with Crippen LogP contribution in [-0.2, 0) is 6.54 Å². The standard InChI is InChI=1S/C20H16N2O2/c1-2-12-24-19-8-6-17(7-9-19)20(23)18-5-3-4-16(13-18)14-22-11-10-21-15-22/h1,3-11,13,15H,12,14H2. The molecule has 0 unspecified atom stereocenters. The van der Waals surface area contributed by atoms with Gasteiger partial charge in [-0.05, 0) is 35.9 Å². The molecule has 24 heavy (non-hydrogen) atoms. The summed E-state index contributed by atoms with van der Waals surface area (Å²) in [5, 5.41) is 0. The Morgan fingerprint density at radius 2 is 2.00 bits per heavy atom. The van der Waals surface area contributed by atoms with Crippen LogP contribution in [0.3, 0.4) is 0 Å². The van der Waals surface area contributed by atoms with Gasteiger partial charge in [0.25, 0.3) is 0 Å². The molecule has 4 nitrogen and oxygen atoms in total. The lowest BCUT2D eigenvalue weighted by molar-refractivity contribution is 0.103. The van der Waals surface area contributed by atoms with E-state index in [0.717, 1.165) is 5.56 Å². The minimum atomic E-state index is -0.0222. The number of hydrogen-bond donors (Lipinski definition) is 0. The number of terminal acetylenes is 1. The van der Waals surface area contributed by atoms with Crippen molar-refractivity contribution in [2.75, 3.05) is 6.61 Å². The van der Waals surface area contributed by atoms with Crippen LogP contribution in [0.5, 0.6) is 5.75 Å². The van der Waals surface area contributed by atoms with Crippen LogP contribution in [0, 0.1) is 12.3 Å². The molecular weight excluding hydrogens is 300 g/mol.